The molecule has 0 aliphatic heterocycles. The molecule has 0 saturated carbocycles. The van der Waals surface area contributed by atoms with Gasteiger partial charge in [0.1, 0.15) is 0 Å². The van der Waals surface area contributed by atoms with Crippen molar-refractivity contribution in [2.45, 2.75) is 77.6 Å². The molecule has 4 aromatic carbocycles. The third-order valence-corrected chi connectivity index (χ3v) is 20.7. The van der Waals surface area contributed by atoms with Crippen molar-refractivity contribution in [3.05, 3.63) is 145 Å². The molecule has 0 heterocycles. The normalized spacial score (nSPS) is 14.5. The topological polar surface area (TPSA) is 0 Å². The van der Waals surface area contributed by atoms with E-state index in [1.807, 2.05) is 6.08 Å². The van der Waals surface area contributed by atoms with E-state index in [0.29, 0.717) is 17.5 Å². The second-order valence-corrected chi connectivity index (χ2v) is 23.4. The number of benzene rings is 4. The summed E-state index contributed by atoms with van der Waals surface area (Å²) in [5.74, 6) is 0. The van der Waals surface area contributed by atoms with Crippen molar-refractivity contribution in [2.24, 2.45) is 0 Å². The molecule has 0 fully saturated rings. The Hall–Kier alpha value is -3.32. The van der Waals surface area contributed by atoms with Gasteiger partial charge in [0, 0.05) is 0 Å². The van der Waals surface area contributed by atoms with Gasteiger partial charge in [-0.15, -0.1) is 0 Å². The van der Waals surface area contributed by atoms with E-state index in [-0.39, 0.29) is 10.8 Å². The summed E-state index contributed by atoms with van der Waals surface area (Å²) in [5, 5.41) is 0. The Morgan fingerprint density at radius 3 is 1.58 bits per heavy atom. The van der Waals surface area contributed by atoms with Crippen molar-refractivity contribution in [3.63, 3.8) is 0 Å². The van der Waals surface area contributed by atoms with Crippen LogP contribution in [-0.2, 0) is 50.6 Å². The number of hydrogen-bond donors (Lipinski definition) is 0. The fraction of sp³-hybridized carbons (Fsp3) is 0.293. The summed E-state index contributed by atoms with van der Waals surface area (Å²) in [7, 11) is 0. The second kappa shape index (κ2) is 12.2. The van der Waals surface area contributed by atoms with Gasteiger partial charge in [-0.05, 0) is 0 Å². The van der Waals surface area contributed by atoms with Crippen LogP contribution in [0.25, 0.3) is 11.1 Å². The number of rotatable bonds is 4. The first kappa shape index (κ1) is 34.5. The molecule has 7 heteroatoms. The van der Waals surface area contributed by atoms with E-state index >= 15 is 0 Å². The molecule has 48 heavy (non-hydrogen) atoms. The van der Waals surface area contributed by atoms with Gasteiger partial charge in [-0.2, -0.15) is 0 Å². The first-order valence-electron chi connectivity index (χ1n) is 16.1. The average molecular weight is 823 g/mol. The SMILES string of the molecule is CC(C)(C)c1ccc2c(c1)Cc1c-2ccc(C(C)(C)C)[c]1[Hf]([C]1=CC=CC1)=[C](c1ccc(C(F)(F)F)cc1)c1ccc(C(F)(F)F)cc1. The zero-order valence-electron chi connectivity index (χ0n) is 27.9. The van der Waals surface area contributed by atoms with Gasteiger partial charge >= 0.3 is 287 Å². The van der Waals surface area contributed by atoms with Crippen LogP contribution in [-0.4, -0.2) is 3.26 Å². The molecule has 0 saturated heterocycles. The van der Waals surface area contributed by atoms with Gasteiger partial charge in [0.25, 0.3) is 0 Å². The minimum absolute atomic E-state index is 0.0302. The van der Waals surface area contributed by atoms with Crippen molar-refractivity contribution in [1.29, 1.82) is 0 Å². The van der Waals surface area contributed by atoms with E-state index in [2.05, 4.69) is 84.0 Å². The Kier molecular flexibility index (Phi) is 8.80. The van der Waals surface area contributed by atoms with Crippen LogP contribution in [0.5, 0.6) is 0 Å². The summed E-state index contributed by atoms with van der Waals surface area (Å²) in [5.41, 5.74) is 6.74. The first-order chi connectivity index (χ1) is 22.3. The Morgan fingerprint density at radius 2 is 1.12 bits per heavy atom. The van der Waals surface area contributed by atoms with Crippen molar-refractivity contribution in [1.82, 2.24) is 0 Å². The molecule has 6 rings (SSSR count). The number of hydrogen-bond acceptors (Lipinski definition) is 0. The number of fused-ring (bicyclic) bond motifs is 3. The van der Waals surface area contributed by atoms with Gasteiger partial charge in [0.05, 0.1) is 0 Å². The van der Waals surface area contributed by atoms with Crippen LogP contribution < -0.4 is 3.32 Å². The fourth-order valence-corrected chi connectivity index (χ4v) is 19.9. The van der Waals surface area contributed by atoms with Crippen LogP contribution in [0, 0.1) is 0 Å². The van der Waals surface area contributed by atoms with Gasteiger partial charge in [-0.3, -0.25) is 0 Å². The molecule has 0 amide bonds. The fourth-order valence-electron chi connectivity index (χ4n) is 6.84. The van der Waals surface area contributed by atoms with Crippen LogP contribution in [0.1, 0.15) is 92.5 Å². The third kappa shape index (κ3) is 6.64. The van der Waals surface area contributed by atoms with Crippen molar-refractivity contribution in [2.75, 3.05) is 0 Å². The molecule has 248 valence electrons. The molecule has 0 bridgehead atoms. The molecule has 2 aliphatic carbocycles. The molecule has 0 atom stereocenters. The van der Waals surface area contributed by atoms with Gasteiger partial charge in [0.2, 0.25) is 0 Å². The molecule has 0 spiro atoms. The molecule has 0 aromatic heterocycles. The van der Waals surface area contributed by atoms with Gasteiger partial charge in [-0.25, -0.2) is 0 Å². The molecule has 0 N–H and O–H groups in total. The van der Waals surface area contributed by atoms with Crippen LogP contribution in [0.15, 0.2) is 100 Å². The number of halogens is 6. The van der Waals surface area contributed by atoms with Gasteiger partial charge < -0.3 is 0 Å². The van der Waals surface area contributed by atoms with Crippen LogP contribution in [0.3, 0.4) is 0 Å². The number of allylic oxidation sites excluding steroid dienone is 4. The molecule has 0 nitrogen and oxygen atoms in total. The van der Waals surface area contributed by atoms with Crippen LogP contribution in [0.4, 0.5) is 26.3 Å². The first-order valence-corrected chi connectivity index (χ1v) is 21.5. The molecule has 0 radical (unpaired) electrons. The van der Waals surface area contributed by atoms with Crippen molar-refractivity contribution < 1.29 is 47.3 Å². The Labute approximate surface area is 286 Å². The molecule has 4 aromatic rings. The standard InChI is InChI=1S/C21H25.C15H8F6.C5H5.Hf/c1-20(2,3)16-7-9-18-14(12-16)11-15-13-17(21(4,5)6)8-10-19(15)18;16-14(17,18)12-5-1-10(2-6-12)9-11-3-7-13(8-4-11)15(19,20)21;1-2-4-5-3-1;/h7-10,12H,11H2,1-6H3;1-8H;1-3H,4H2;. The van der Waals surface area contributed by atoms with Gasteiger partial charge in [0.15, 0.2) is 0 Å². The summed E-state index contributed by atoms with van der Waals surface area (Å²) >= 11 is -3.66. The van der Waals surface area contributed by atoms with E-state index in [1.165, 1.54) is 64.3 Å². The predicted octanol–water partition coefficient (Wildman–Crippen LogP) is 11.2. The van der Waals surface area contributed by atoms with Crippen LogP contribution in [0.2, 0.25) is 0 Å². The quantitative estimate of drug-likeness (QED) is 0.125. The maximum atomic E-state index is 13.7. The Bertz CT molecular complexity index is 1910. The number of alkyl halides is 6. The molecule has 2 aliphatic rings. The van der Waals surface area contributed by atoms with E-state index < -0.39 is 44.4 Å². The van der Waals surface area contributed by atoms with Crippen molar-refractivity contribution >= 4 is 6.58 Å². The zero-order chi connectivity index (χ0) is 34.8. The van der Waals surface area contributed by atoms with E-state index in [0.717, 1.165) is 33.9 Å². The van der Waals surface area contributed by atoms with E-state index in [1.54, 1.807) is 0 Å². The molecule has 0 unspecified atom stereocenters. The second-order valence-electron chi connectivity index (χ2n) is 14.8. The minimum atomic E-state index is -4.51. The summed E-state index contributed by atoms with van der Waals surface area (Å²) in [4.78, 5) is 0. The van der Waals surface area contributed by atoms with E-state index in [4.69, 9.17) is 0 Å². The predicted molar refractivity (Wildman–Crippen MR) is 180 cm³/mol. The van der Waals surface area contributed by atoms with Gasteiger partial charge in [-0.1, -0.05) is 0 Å². The molecular formula is C41H38F6Hf. The monoisotopic (exact) mass is 824 g/mol. The summed E-state index contributed by atoms with van der Waals surface area (Å²) in [6.07, 6.45) is -1.31. The summed E-state index contributed by atoms with van der Waals surface area (Å²) in [6, 6.07) is 21.5. The third-order valence-electron chi connectivity index (χ3n) is 9.34. The average Bonchev–Trinajstić information content (AvgIpc) is 3.66. The maximum absolute atomic E-state index is 13.7. The molecular weight excluding hydrogens is 785 g/mol. The zero-order valence-corrected chi connectivity index (χ0v) is 31.5. The Morgan fingerprint density at radius 1 is 0.604 bits per heavy atom. The Balaban J connectivity index is 1.71. The summed E-state index contributed by atoms with van der Waals surface area (Å²) < 4.78 is 85.7. The summed E-state index contributed by atoms with van der Waals surface area (Å²) in [6.45, 7) is 13.1. The van der Waals surface area contributed by atoms with Crippen LogP contribution >= 0.6 is 0 Å². The van der Waals surface area contributed by atoms with Crippen molar-refractivity contribution in [3.8, 4) is 11.1 Å². The van der Waals surface area contributed by atoms with E-state index in [9.17, 15) is 26.3 Å².